The molecule has 0 radical (unpaired) electrons. The van der Waals surface area contributed by atoms with Gasteiger partial charge in [0.05, 0.1) is 0 Å². The molecule has 0 fully saturated rings. The van der Waals surface area contributed by atoms with E-state index in [9.17, 15) is 0 Å². The standard InChI is InChI=1S/C16H14OSe/c1-17-13-8-6-12(7-9-13)14-10-11-18-16-5-3-2-4-15(14)16/h2-10H,11H2,1H3. The number of hydrogen-bond donors (Lipinski definition) is 0. The number of hydrogen-bond acceptors (Lipinski definition) is 1. The van der Waals surface area contributed by atoms with Crippen LogP contribution in [0.15, 0.2) is 54.6 Å². The van der Waals surface area contributed by atoms with Gasteiger partial charge in [-0.05, 0) is 0 Å². The summed E-state index contributed by atoms with van der Waals surface area (Å²) in [5.74, 6) is 0.910. The minimum atomic E-state index is 0.590. The Hall–Kier alpha value is -1.50. The van der Waals surface area contributed by atoms with Gasteiger partial charge in [0.1, 0.15) is 0 Å². The second kappa shape index (κ2) is 5.01. The first-order chi connectivity index (χ1) is 8.88. The van der Waals surface area contributed by atoms with Crippen molar-refractivity contribution in [3.63, 3.8) is 0 Å². The zero-order valence-corrected chi connectivity index (χ0v) is 11.9. The molecule has 2 heteroatoms. The van der Waals surface area contributed by atoms with E-state index in [4.69, 9.17) is 4.74 Å². The summed E-state index contributed by atoms with van der Waals surface area (Å²) in [6.45, 7) is 0. The van der Waals surface area contributed by atoms with Crippen molar-refractivity contribution in [3.05, 3.63) is 65.7 Å². The molecule has 18 heavy (non-hydrogen) atoms. The summed E-state index contributed by atoms with van der Waals surface area (Å²) in [4.78, 5) is 0. The summed E-state index contributed by atoms with van der Waals surface area (Å²) in [6, 6.07) is 17.1. The molecular formula is C16H14OSe. The molecule has 90 valence electrons. The van der Waals surface area contributed by atoms with Crippen LogP contribution in [0.1, 0.15) is 11.1 Å². The van der Waals surface area contributed by atoms with Gasteiger partial charge in [-0.15, -0.1) is 0 Å². The maximum atomic E-state index is 5.21. The van der Waals surface area contributed by atoms with Crippen LogP contribution in [-0.4, -0.2) is 22.1 Å². The number of ether oxygens (including phenoxy) is 1. The molecule has 0 atom stereocenters. The molecule has 3 rings (SSSR count). The van der Waals surface area contributed by atoms with E-state index in [1.165, 1.54) is 26.5 Å². The zero-order chi connectivity index (χ0) is 12.4. The Morgan fingerprint density at radius 2 is 1.78 bits per heavy atom. The van der Waals surface area contributed by atoms with Crippen LogP contribution in [0.4, 0.5) is 0 Å². The van der Waals surface area contributed by atoms with Crippen LogP contribution in [0.25, 0.3) is 5.57 Å². The van der Waals surface area contributed by atoms with Crippen molar-refractivity contribution in [1.29, 1.82) is 0 Å². The molecule has 2 aromatic carbocycles. The molecule has 2 aromatic rings. The summed E-state index contributed by atoms with van der Waals surface area (Å²) >= 11 is 0.590. The van der Waals surface area contributed by atoms with Crippen LogP contribution in [0, 0.1) is 0 Å². The van der Waals surface area contributed by atoms with Gasteiger partial charge in [-0.25, -0.2) is 0 Å². The van der Waals surface area contributed by atoms with Crippen molar-refractivity contribution in [2.45, 2.75) is 5.32 Å². The number of benzene rings is 2. The molecule has 1 nitrogen and oxygen atoms in total. The van der Waals surface area contributed by atoms with E-state index < -0.39 is 0 Å². The van der Waals surface area contributed by atoms with Crippen molar-refractivity contribution in [2.75, 3.05) is 7.11 Å². The molecule has 1 aliphatic heterocycles. The first-order valence-electron chi connectivity index (χ1n) is 5.95. The van der Waals surface area contributed by atoms with Crippen LogP contribution < -0.4 is 9.20 Å². The Balaban J connectivity index is 2.03. The Bertz CT molecular complexity index is 584. The van der Waals surface area contributed by atoms with E-state index in [1.807, 2.05) is 12.1 Å². The Morgan fingerprint density at radius 3 is 2.56 bits per heavy atom. The number of fused-ring (bicyclic) bond motifs is 1. The third kappa shape index (κ3) is 2.10. The second-order valence-corrected chi connectivity index (χ2v) is 6.38. The number of methoxy groups -OCH3 is 1. The van der Waals surface area contributed by atoms with Gasteiger partial charge >= 0.3 is 114 Å². The average Bonchev–Trinajstić information content (AvgIpc) is 2.47. The summed E-state index contributed by atoms with van der Waals surface area (Å²) in [6.07, 6.45) is 2.37. The molecule has 0 spiro atoms. The normalized spacial score (nSPS) is 13.7. The summed E-state index contributed by atoms with van der Waals surface area (Å²) in [5.41, 5.74) is 4.04. The molecule has 0 saturated carbocycles. The molecular weight excluding hydrogens is 287 g/mol. The van der Waals surface area contributed by atoms with Gasteiger partial charge in [0.25, 0.3) is 0 Å². The molecule has 1 aliphatic rings. The predicted molar refractivity (Wildman–Crippen MR) is 76.7 cm³/mol. The van der Waals surface area contributed by atoms with Gasteiger partial charge in [0, 0.05) is 0 Å². The molecule has 0 aliphatic carbocycles. The van der Waals surface area contributed by atoms with Crippen LogP contribution >= 0.6 is 0 Å². The van der Waals surface area contributed by atoms with E-state index in [1.54, 1.807) is 7.11 Å². The zero-order valence-electron chi connectivity index (χ0n) is 10.2. The van der Waals surface area contributed by atoms with Crippen LogP contribution in [0.2, 0.25) is 5.32 Å². The van der Waals surface area contributed by atoms with E-state index in [0.717, 1.165) is 5.75 Å². The molecule has 0 saturated heterocycles. The predicted octanol–water partition coefficient (Wildman–Crippen LogP) is 2.89. The van der Waals surface area contributed by atoms with Crippen molar-refractivity contribution in [2.24, 2.45) is 0 Å². The van der Waals surface area contributed by atoms with Gasteiger partial charge in [-0.1, -0.05) is 0 Å². The van der Waals surface area contributed by atoms with E-state index in [2.05, 4.69) is 42.5 Å². The van der Waals surface area contributed by atoms with Crippen LogP contribution in [0.5, 0.6) is 5.75 Å². The molecule has 0 bridgehead atoms. The monoisotopic (exact) mass is 302 g/mol. The number of rotatable bonds is 2. The van der Waals surface area contributed by atoms with Crippen molar-refractivity contribution < 1.29 is 4.74 Å². The van der Waals surface area contributed by atoms with Crippen molar-refractivity contribution in [3.8, 4) is 5.75 Å². The van der Waals surface area contributed by atoms with E-state index in [-0.39, 0.29) is 0 Å². The van der Waals surface area contributed by atoms with Crippen molar-refractivity contribution >= 4 is 25.0 Å². The fraction of sp³-hybridized carbons (Fsp3) is 0.125. The summed E-state index contributed by atoms with van der Waals surface area (Å²) in [7, 11) is 1.70. The fourth-order valence-electron chi connectivity index (χ4n) is 2.18. The van der Waals surface area contributed by atoms with Gasteiger partial charge < -0.3 is 0 Å². The minimum absolute atomic E-state index is 0.590. The first kappa shape index (κ1) is 11.6. The topological polar surface area (TPSA) is 9.23 Å². The third-order valence-electron chi connectivity index (χ3n) is 3.10. The second-order valence-electron chi connectivity index (χ2n) is 4.15. The molecule has 0 unspecified atom stereocenters. The summed E-state index contributed by atoms with van der Waals surface area (Å²) < 4.78 is 6.72. The molecule has 0 amide bonds. The molecule has 0 aromatic heterocycles. The van der Waals surface area contributed by atoms with Gasteiger partial charge in [0.2, 0.25) is 0 Å². The molecule has 0 N–H and O–H groups in total. The van der Waals surface area contributed by atoms with Gasteiger partial charge in [-0.2, -0.15) is 0 Å². The fourth-order valence-corrected chi connectivity index (χ4v) is 4.15. The summed E-state index contributed by atoms with van der Waals surface area (Å²) in [5, 5.41) is 1.19. The first-order valence-corrected chi connectivity index (χ1v) is 8.02. The number of allylic oxidation sites excluding steroid dienone is 1. The van der Waals surface area contributed by atoms with Crippen LogP contribution in [0.3, 0.4) is 0 Å². The Kier molecular flexibility index (Phi) is 3.22. The molecule has 1 heterocycles. The Labute approximate surface area is 114 Å². The Morgan fingerprint density at radius 1 is 1.00 bits per heavy atom. The maximum absolute atomic E-state index is 5.21. The SMILES string of the molecule is COc1ccc(C2=CC[Se]c3ccccc32)cc1. The van der Waals surface area contributed by atoms with Crippen molar-refractivity contribution in [1.82, 2.24) is 0 Å². The van der Waals surface area contributed by atoms with Crippen LogP contribution in [-0.2, 0) is 0 Å². The van der Waals surface area contributed by atoms with Gasteiger partial charge in [0.15, 0.2) is 0 Å². The van der Waals surface area contributed by atoms with E-state index >= 15 is 0 Å². The van der Waals surface area contributed by atoms with E-state index in [0.29, 0.717) is 15.0 Å². The van der Waals surface area contributed by atoms with Gasteiger partial charge in [-0.3, -0.25) is 0 Å². The third-order valence-corrected chi connectivity index (χ3v) is 5.20. The quantitative estimate of drug-likeness (QED) is 0.775. The average molecular weight is 301 g/mol.